The van der Waals surface area contributed by atoms with Gasteiger partial charge in [-0.05, 0) is 67.4 Å². The first-order valence-electron chi connectivity index (χ1n) is 14.6. The average Bonchev–Trinajstić information content (AvgIpc) is 3.15. The Morgan fingerprint density at radius 1 is 0.700 bits per heavy atom. The summed E-state index contributed by atoms with van der Waals surface area (Å²) in [5.74, 6) is -3.99. The molecule has 0 bridgehead atoms. The van der Waals surface area contributed by atoms with Crippen LogP contribution in [0.3, 0.4) is 0 Å². The molecule has 0 amide bonds. The Labute approximate surface area is 235 Å². The zero-order valence-corrected chi connectivity index (χ0v) is 22.7. The average molecular weight is 548 g/mol. The number of Topliss-reactive ketones (excluding diaryl/α,β-unsaturated/α-hetero) is 2. The molecule has 7 nitrogen and oxygen atoms in total. The molecule has 0 aliphatic heterocycles. The van der Waals surface area contributed by atoms with E-state index in [1.54, 1.807) is 0 Å². The molecule has 0 heterocycles. The number of allylic oxidation sites excluding steroid dienone is 4. The molecule has 3 saturated carbocycles. The number of ketones is 2. The third-order valence-electron chi connectivity index (χ3n) is 9.12. The van der Waals surface area contributed by atoms with Gasteiger partial charge in [-0.2, -0.15) is 0 Å². The Hall–Kier alpha value is -2.84. The lowest BCUT2D eigenvalue weighted by molar-refractivity contribution is -0.299. The van der Waals surface area contributed by atoms with Crippen LogP contribution in [0.5, 0.6) is 0 Å². The predicted octanol–water partition coefficient (Wildman–Crippen LogP) is 2.78. The van der Waals surface area contributed by atoms with E-state index in [9.17, 15) is 35.1 Å². The summed E-state index contributed by atoms with van der Waals surface area (Å²) in [5, 5.41) is 57.2. The Kier molecular flexibility index (Phi) is 8.86. The molecule has 1 aromatic carbocycles. The maximum absolute atomic E-state index is 13.5. The van der Waals surface area contributed by atoms with Gasteiger partial charge in [-0.1, -0.05) is 79.7 Å². The van der Waals surface area contributed by atoms with Crippen LogP contribution in [0.1, 0.15) is 63.4 Å². The summed E-state index contributed by atoms with van der Waals surface area (Å²) in [7, 11) is 0. The molecule has 4 aliphatic rings. The van der Waals surface area contributed by atoms with E-state index in [0.29, 0.717) is 5.92 Å². The van der Waals surface area contributed by atoms with Gasteiger partial charge < -0.3 is 25.5 Å². The minimum atomic E-state index is -1.28. The summed E-state index contributed by atoms with van der Waals surface area (Å²) in [5.41, 5.74) is -0.0781. The lowest BCUT2D eigenvalue weighted by Crippen LogP contribution is -2.42. The van der Waals surface area contributed by atoms with Crippen molar-refractivity contribution in [3.63, 3.8) is 0 Å². The normalized spacial score (nSPS) is 34.5. The largest absolute Gasteiger partial charge is 0.872 e. The van der Waals surface area contributed by atoms with Crippen LogP contribution < -0.4 is 5.11 Å². The van der Waals surface area contributed by atoms with Gasteiger partial charge in [0.25, 0.3) is 0 Å². The van der Waals surface area contributed by atoms with Gasteiger partial charge in [0.15, 0.2) is 0 Å². The SMILES string of the molecule is O=C1C(=O)C(C2C(O)CC(/C=C/C3CCCCC3)CC2O)=C([O-])C1=C1C(O)CC(/C=C/c2ccccc2)CC1O. The molecular weight excluding hydrogens is 508 g/mol. The van der Waals surface area contributed by atoms with E-state index in [-0.39, 0.29) is 43.1 Å². The molecule has 0 radical (unpaired) electrons. The van der Waals surface area contributed by atoms with Crippen LogP contribution in [-0.4, -0.2) is 56.4 Å². The second-order valence-corrected chi connectivity index (χ2v) is 11.9. The van der Waals surface area contributed by atoms with Gasteiger partial charge in [0.2, 0.25) is 11.6 Å². The molecule has 4 N–H and O–H groups in total. The highest BCUT2D eigenvalue weighted by Crippen LogP contribution is 2.42. The Balaban J connectivity index is 1.34. The van der Waals surface area contributed by atoms with Gasteiger partial charge in [-0.3, -0.25) is 9.59 Å². The van der Waals surface area contributed by atoms with Crippen molar-refractivity contribution in [2.75, 3.05) is 0 Å². The van der Waals surface area contributed by atoms with E-state index < -0.39 is 58.8 Å². The molecule has 0 aromatic heterocycles. The third kappa shape index (κ3) is 5.93. The smallest absolute Gasteiger partial charge is 0.232 e. The van der Waals surface area contributed by atoms with Crippen LogP contribution in [0, 0.1) is 23.7 Å². The molecule has 5 rings (SSSR count). The van der Waals surface area contributed by atoms with Crippen molar-refractivity contribution in [3.05, 3.63) is 76.6 Å². The lowest BCUT2D eigenvalue weighted by atomic mass is 9.73. The summed E-state index contributed by atoms with van der Waals surface area (Å²) >= 11 is 0. The third-order valence-corrected chi connectivity index (χ3v) is 9.12. The van der Waals surface area contributed by atoms with Gasteiger partial charge in [0.05, 0.1) is 24.4 Å². The molecule has 4 unspecified atom stereocenters. The van der Waals surface area contributed by atoms with E-state index in [2.05, 4.69) is 6.08 Å². The number of benzene rings is 1. The van der Waals surface area contributed by atoms with E-state index >= 15 is 0 Å². The summed E-state index contributed by atoms with van der Waals surface area (Å²) in [6.45, 7) is 0. The number of carbonyl (C=O) groups excluding carboxylic acids is 2. The molecule has 4 aliphatic carbocycles. The maximum atomic E-state index is 13.5. The molecule has 40 heavy (non-hydrogen) atoms. The Bertz CT molecular complexity index is 1190. The number of hydrogen-bond acceptors (Lipinski definition) is 7. The first kappa shape index (κ1) is 28.7. The van der Waals surface area contributed by atoms with Crippen molar-refractivity contribution >= 4 is 17.6 Å². The Morgan fingerprint density at radius 2 is 1.27 bits per heavy atom. The lowest BCUT2D eigenvalue weighted by Gasteiger charge is -2.38. The van der Waals surface area contributed by atoms with Gasteiger partial charge in [-0.15, -0.1) is 0 Å². The number of hydrogen-bond donors (Lipinski definition) is 4. The van der Waals surface area contributed by atoms with Crippen LogP contribution in [-0.2, 0) is 9.59 Å². The van der Waals surface area contributed by atoms with Crippen molar-refractivity contribution in [3.8, 4) is 0 Å². The molecule has 1 aromatic rings. The number of rotatable bonds is 5. The standard InChI is InChI=1S/C33H40O7/c34-23-15-21(13-11-19-7-3-1-4-8-19)16-24(35)27(23)29-31(38)30(33(40)32(29)39)28-25(36)17-22(18-26(28)37)14-12-20-9-5-2-6-10-20/h1,3-4,7-8,11-14,20-26,28,34-38H,2,5-6,9-10,15-18H2/p-1/b13-11+,14-12+,29-27?. The quantitative estimate of drug-likeness (QED) is 0.253. The zero-order chi connectivity index (χ0) is 28.4. The van der Waals surface area contributed by atoms with Gasteiger partial charge in [0.1, 0.15) is 0 Å². The Morgan fingerprint density at radius 3 is 1.90 bits per heavy atom. The molecule has 0 saturated heterocycles. The summed E-state index contributed by atoms with van der Waals surface area (Å²) in [6, 6.07) is 9.59. The minimum absolute atomic E-state index is 0.0910. The molecular formula is C33H39O7-. The van der Waals surface area contributed by atoms with E-state index in [1.165, 1.54) is 19.3 Å². The van der Waals surface area contributed by atoms with Crippen LogP contribution in [0.2, 0.25) is 0 Å². The van der Waals surface area contributed by atoms with Crippen molar-refractivity contribution < 1.29 is 35.1 Å². The van der Waals surface area contributed by atoms with Crippen LogP contribution >= 0.6 is 0 Å². The van der Waals surface area contributed by atoms with Crippen molar-refractivity contribution in [1.82, 2.24) is 0 Å². The second-order valence-electron chi connectivity index (χ2n) is 11.9. The van der Waals surface area contributed by atoms with E-state index in [4.69, 9.17) is 0 Å². The molecule has 7 heteroatoms. The minimum Gasteiger partial charge on any atom is -0.872 e. The van der Waals surface area contributed by atoms with Crippen LogP contribution in [0.4, 0.5) is 0 Å². The van der Waals surface area contributed by atoms with Crippen molar-refractivity contribution in [2.45, 2.75) is 82.2 Å². The van der Waals surface area contributed by atoms with E-state index in [0.717, 1.165) is 18.4 Å². The highest BCUT2D eigenvalue weighted by atomic mass is 16.3. The first-order valence-corrected chi connectivity index (χ1v) is 14.6. The van der Waals surface area contributed by atoms with E-state index in [1.807, 2.05) is 48.6 Å². The van der Waals surface area contributed by atoms with Crippen LogP contribution in [0.15, 0.2) is 71.0 Å². The van der Waals surface area contributed by atoms with Crippen LogP contribution in [0.25, 0.3) is 6.08 Å². The fourth-order valence-electron chi connectivity index (χ4n) is 7.04. The fraction of sp³-hybridized carbons (Fsp3) is 0.515. The molecule has 0 spiro atoms. The molecule has 214 valence electrons. The first-order chi connectivity index (χ1) is 19.2. The van der Waals surface area contributed by atoms with Gasteiger partial charge in [-0.25, -0.2) is 0 Å². The van der Waals surface area contributed by atoms with Gasteiger partial charge in [0, 0.05) is 17.1 Å². The van der Waals surface area contributed by atoms with Gasteiger partial charge >= 0.3 is 0 Å². The van der Waals surface area contributed by atoms with Crippen molar-refractivity contribution in [1.29, 1.82) is 0 Å². The number of carbonyl (C=O) groups is 2. The molecule has 4 atom stereocenters. The predicted molar refractivity (Wildman–Crippen MR) is 148 cm³/mol. The summed E-state index contributed by atoms with van der Waals surface area (Å²) < 4.78 is 0. The highest BCUT2D eigenvalue weighted by molar-refractivity contribution is 6.53. The fourth-order valence-corrected chi connectivity index (χ4v) is 7.04. The second kappa shape index (κ2) is 12.4. The number of aliphatic hydroxyl groups excluding tert-OH is 4. The highest BCUT2D eigenvalue weighted by Gasteiger charge is 2.47. The summed E-state index contributed by atoms with van der Waals surface area (Å²) in [6.07, 6.45) is 9.96. The topological polar surface area (TPSA) is 138 Å². The number of aliphatic hydroxyl groups is 4. The summed E-state index contributed by atoms with van der Waals surface area (Å²) in [4.78, 5) is 26.1. The zero-order valence-electron chi connectivity index (χ0n) is 22.7. The maximum Gasteiger partial charge on any atom is 0.232 e. The molecule has 3 fully saturated rings. The monoisotopic (exact) mass is 547 g/mol. The van der Waals surface area contributed by atoms with Crippen molar-refractivity contribution in [2.24, 2.45) is 23.7 Å².